The Balaban J connectivity index is 1.69. The van der Waals surface area contributed by atoms with E-state index in [1.165, 1.54) is 0 Å². The molecule has 5 nitrogen and oxygen atoms in total. The number of nitrogens with zero attached hydrogens (tertiary/aromatic N) is 2. The molecule has 0 spiro atoms. The molecule has 1 N–H and O–H groups in total. The van der Waals surface area contributed by atoms with Crippen LogP contribution >= 0.6 is 0 Å². The molecule has 0 radical (unpaired) electrons. The second-order valence-electron chi connectivity index (χ2n) is 7.57. The van der Waals surface area contributed by atoms with Crippen molar-refractivity contribution in [2.75, 3.05) is 5.32 Å². The molecule has 0 atom stereocenters. The second-order valence-corrected chi connectivity index (χ2v) is 7.57. The number of amides is 1. The first-order valence-corrected chi connectivity index (χ1v) is 9.83. The number of fused-ring (bicyclic) bond motifs is 1. The Morgan fingerprint density at radius 1 is 0.867 bits per heavy atom. The fourth-order valence-electron chi connectivity index (χ4n) is 3.55. The molecule has 0 saturated heterocycles. The first-order valence-electron chi connectivity index (χ1n) is 9.83. The van der Waals surface area contributed by atoms with Crippen LogP contribution in [-0.4, -0.2) is 15.5 Å². The standard InChI is InChI=1S/C25H23N3O2/c1-15-9-10-19(13-16(15)2)24(29)27-22-12-11-20(14-17(22)3)28-18(4)26-23-8-6-5-7-21(23)25(28)30/h5-14H,1-4H3,(H,27,29). The molecule has 150 valence electrons. The number of carbonyl (C=O) groups excluding carboxylic acids is 1. The van der Waals surface area contributed by atoms with Crippen LogP contribution in [0.2, 0.25) is 0 Å². The molecule has 30 heavy (non-hydrogen) atoms. The van der Waals surface area contributed by atoms with Gasteiger partial charge in [-0.1, -0.05) is 18.2 Å². The summed E-state index contributed by atoms with van der Waals surface area (Å²) in [7, 11) is 0. The lowest BCUT2D eigenvalue weighted by Gasteiger charge is -2.14. The number of nitrogens with one attached hydrogen (secondary N) is 1. The van der Waals surface area contributed by atoms with Gasteiger partial charge in [0.1, 0.15) is 5.82 Å². The van der Waals surface area contributed by atoms with Crippen LogP contribution in [-0.2, 0) is 0 Å². The van der Waals surface area contributed by atoms with Crippen molar-refractivity contribution in [2.24, 2.45) is 0 Å². The van der Waals surface area contributed by atoms with Crippen LogP contribution in [0.5, 0.6) is 0 Å². The molecule has 0 unspecified atom stereocenters. The Morgan fingerprint density at radius 2 is 1.63 bits per heavy atom. The maximum Gasteiger partial charge on any atom is 0.265 e. The first-order chi connectivity index (χ1) is 14.3. The van der Waals surface area contributed by atoms with E-state index >= 15 is 0 Å². The van der Waals surface area contributed by atoms with Crippen molar-refractivity contribution in [3.63, 3.8) is 0 Å². The molecule has 0 bridgehead atoms. The van der Waals surface area contributed by atoms with Crippen LogP contribution in [0.4, 0.5) is 5.69 Å². The minimum absolute atomic E-state index is 0.107. The van der Waals surface area contributed by atoms with Gasteiger partial charge in [0.25, 0.3) is 11.5 Å². The first kappa shape index (κ1) is 19.6. The number of hydrogen-bond acceptors (Lipinski definition) is 3. The van der Waals surface area contributed by atoms with Gasteiger partial charge in [-0.05, 0) is 86.8 Å². The summed E-state index contributed by atoms with van der Waals surface area (Å²) in [5.74, 6) is 0.458. The third-order valence-electron chi connectivity index (χ3n) is 5.43. The molecule has 0 aliphatic heterocycles. The van der Waals surface area contributed by atoms with Gasteiger partial charge in [0, 0.05) is 11.3 Å². The highest BCUT2D eigenvalue weighted by molar-refractivity contribution is 6.04. The lowest BCUT2D eigenvalue weighted by atomic mass is 10.1. The van der Waals surface area contributed by atoms with Crippen LogP contribution < -0.4 is 10.9 Å². The highest BCUT2D eigenvalue weighted by Crippen LogP contribution is 2.21. The van der Waals surface area contributed by atoms with Gasteiger partial charge < -0.3 is 5.32 Å². The average Bonchev–Trinajstić information content (AvgIpc) is 2.72. The molecule has 0 aliphatic rings. The SMILES string of the molecule is Cc1ccc(C(=O)Nc2ccc(-n3c(C)nc4ccccc4c3=O)cc2C)cc1C. The zero-order valence-electron chi connectivity index (χ0n) is 17.5. The fourth-order valence-corrected chi connectivity index (χ4v) is 3.55. The second kappa shape index (κ2) is 7.59. The molecule has 1 aromatic heterocycles. The summed E-state index contributed by atoms with van der Waals surface area (Å²) in [6.45, 7) is 7.74. The number of hydrogen-bond donors (Lipinski definition) is 1. The molecule has 3 aromatic carbocycles. The summed E-state index contributed by atoms with van der Waals surface area (Å²) in [6.07, 6.45) is 0. The predicted molar refractivity (Wildman–Crippen MR) is 121 cm³/mol. The Labute approximate surface area is 175 Å². The van der Waals surface area contributed by atoms with Crippen molar-refractivity contribution in [3.8, 4) is 5.69 Å². The molecular formula is C25H23N3O2. The lowest BCUT2D eigenvalue weighted by Crippen LogP contribution is -2.22. The van der Waals surface area contributed by atoms with Crippen molar-refractivity contribution in [2.45, 2.75) is 27.7 Å². The summed E-state index contributed by atoms with van der Waals surface area (Å²) in [5.41, 5.74) is 5.72. The van der Waals surface area contributed by atoms with Crippen molar-refractivity contribution >= 4 is 22.5 Å². The molecule has 5 heteroatoms. The third kappa shape index (κ3) is 3.50. The normalized spacial score (nSPS) is 10.9. The monoisotopic (exact) mass is 397 g/mol. The number of anilines is 1. The quantitative estimate of drug-likeness (QED) is 0.536. The molecule has 1 heterocycles. The number of benzene rings is 3. The zero-order chi connectivity index (χ0) is 21.4. The summed E-state index contributed by atoms with van der Waals surface area (Å²) >= 11 is 0. The topological polar surface area (TPSA) is 64.0 Å². The highest BCUT2D eigenvalue weighted by Gasteiger charge is 2.13. The third-order valence-corrected chi connectivity index (χ3v) is 5.43. The van der Waals surface area contributed by atoms with Gasteiger partial charge in [0.2, 0.25) is 0 Å². The van der Waals surface area contributed by atoms with E-state index in [-0.39, 0.29) is 11.5 Å². The van der Waals surface area contributed by atoms with E-state index in [0.717, 1.165) is 22.4 Å². The summed E-state index contributed by atoms with van der Waals surface area (Å²) in [6, 6.07) is 18.5. The van der Waals surface area contributed by atoms with E-state index in [1.807, 2.05) is 82.3 Å². The van der Waals surface area contributed by atoms with Crippen LogP contribution in [0.15, 0.2) is 65.5 Å². The molecule has 1 amide bonds. The fraction of sp³-hybridized carbons (Fsp3) is 0.160. The Morgan fingerprint density at radius 3 is 2.37 bits per heavy atom. The van der Waals surface area contributed by atoms with Crippen molar-refractivity contribution < 1.29 is 4.79 Å². The highest BCUT2D eigenvalue weighted by atomic mass is 16.1. The lowest BCUT2D eigenvalue weighted by molar-refractivity contribution is 0.102. The Bertz CT molecular complexity index is 1350. The van der Waals surface area contributed by atoms with Gasteiger partial charge in [0.05, 0.1) is 16.6 Å². The number of para-hydroxylation sites is 1. The molecular weight excluding hydrogens is 374 g/mol. The maximum absolute atomic E-state index is 13.0. The molecule has 0 saturated carbocycles. The smallest absolute Gasteiger partial charge is 0.265 e. The summed E-state index contributed by atoms with van der Waals surface area (Å²) < 4.78 is 1.60. The number of rotatable bonds is 3. The Kier molecular flexibility index (Phi) is 4.96. The summed E-state index contributed by atoms with van der Waals surface area (Å²) in [5, 5.41) is 3.55. The zero-order valence-corrected chi connectivity index (χ0v) is 17.5. The van der Waals surface area contributed by atoms with Gasteiger partial charge in [-0.2, -0.15) is 0 Å². The molecule has 4 rings (SSSR count). The van der Waals surface area contributed by atoms with E-state index in [9.17, 15) is 9.59 Å². The largest absolute Gasteiger partial charge is 0.322 e. The molecule has 4 aromatic rings. The van der Waals surface area contributed by atoms with Gasteiger partial charge >= 0.3 is 0 Å². The maximum atomic E-state index is 13.0. The van der Waals surface area contributed by atoms with Crippen molar-refractivity contribution in [1.29, 1.82) is 0 Å². The van der Waals surface area contributed by atoms with Crippen LogP contribution in [0.25, 0.3) is 16.6 Å². The van der Waals surface area contributed by atoms with Gasteiger partial charge in [-0.3, -0.25) is 14.2 Å². The van der Waals surface area contributed by atoms with Crippen LogP contribution in [0, 0.1) is 27.7 Å². The number of aryl methyl sites for hydroxylation is 4. The van der Waals surface area contributed by atoms with Gasteiger partial charge in [0.15, 0.2) is 0 Å². The van der Waals surface area contributed by atoms with Gasteiger partial charge in [-0.25, -0.2) is 4.98 Å². The number of carbonyl (C=O) groups is 1. The molecule has 0 fully saturated rings. The van der Waals surface area contributed by atoms with E-state index in [1.54, 1.807) is 10.6 Å². The van der Waals surface area contributed by atoms with Crippen LogP contribution in [0.3, 0.4) is 0 Å². The van der Waals surface area contributed by atoms with E-state index in [2.05, 4.69) is 10.3 Å². The van der Waals surface area contributed by atoms with Gasteiger partial charge in [-0.15, -0.1) is 0 Å². The minimum atomic E-state index is -0.158. The minimum Gasteiger partial charge on any atom is -0.322 e. The van der Waals surface area contributed by atoms with E-state index in [4.69, 9.17) is 0 Å². The Hall–Kier alpha value is -3.73. The van der Waals surface area contributed by atoms with Crippen molar-refractivity contribution in [1.82, 2.24) is 9.55 Å². The number of aromatic nitrogens is 2. The summed E-state index contributed by atoms with van der Waals surface area (Å²) in [4.78, 5) is 30.2. The van der Waals surface area contributed by atoms with E-state index < -0.39 is 0 Å². The predicted octanol–water partition coefficient (Wildman–Crippen LogP) is 4.87. The van der Waals surface area contributed by atoms with E-state index in [0.29, 0.717) is 28.0 Å². The van der Waals surface area contributed by atoms with Crippen LogP contribution in [0.1, 0.15) is 32.9 Å². The molecule has 0 aliphatic carbocycles. The average molecular weight is 397 g/mol. The van der Waals surface area contributed by atoms with Crippen molar-refractivity contribution in [3.05, 3.63) is 99.1 Å².